The van der Waals surface area contributed by atoms with Crippen molar-refractivity contribution >= 4 is 29.3 Å². The number of thioether (sulfide) groups is 1. The normalized spacial score (nSPS) is 10.6. The lowest BCUT2D eigenvalue weighted by atomic mass is 10.2. The van der Waals surface area contributed by atoms with Gasteiger partial charge in [-0.05, 0) is 50.2 Å². The van der Waals surface area contributed by atoms with Gasteiger partial charge in [-0.2, -0.15) is 0 Å². The molecule has 150 valence electrons. The summed E-state index contributed by atoms with van der Waals surface area (Å²) in [6.07, 6.45) is 0. The van der Waals surface area contributed by atoms with Gasteiger partial charge in [0.05, 0.1) is 22.6 Å². The zero-order chi connectivity index (χ0) is 20.8. The Morgan fingerprint density at radius 3 is 2.55 bits per heavy atom. The number of anilines is 1. The molecule has 2 aromatic carbocycles. The van der Waals surface area contributed by atoms with Crippen molar-refractivity contribution in [3.8, 4) is 0 Å². The largest absolute Gasteiger partial charge is 0.457 e. The van der Waals surface area contributed by atoms with Gasteiger partial charge in [-0.1, -0.05) is 17.3 Å². The van der Waals surface area contributed by atoms with Crippen molar-refractivity contribution in [3.63, 3.8) is 0 Å². The van der Waals surface area contributed by atoms with Crippen LogP contribution in [0.1, 0.15) is 27.4 Å². The van der Waals surface area contributed by atoms with Gasteiger partial charge >= 0.3 is 5.97 Å². The van der Waals surface area contributed by atoms with Crippen molar-refractivity contribution in [2.24, 2.45) is 0 Å². The number of amides is 1. The monoisotopic (exact) mass is 414 g/mol. The highest BCUT2D eigenvalue weighted by Crippen LogP contribution is 2.24. The van der Waals surface area contributed by atoms with E-state index < -0.39 is 5.97 Å². The highest BCUT2D eigenvalue weighted by atomic mass is 32.2. The molecule has 1 N–H and O–H groups in total. The second-order valence-electron chi connectivity index (χ2n) is 6.22. The zero-order valence-electron chi connectivity index (χ0n) is 15.9. The zero-order valence-corrected chi connectivity index (χ0v) is 16.7. The molecular weight excluding hydrogens is 395 g/mol. The van der Waals surface area contributed by atoms with Crippen LogP contribution in [0.25, 0.3) is 0 Å². The number of rotatable bonds is 7. The Bertz CT molecular complexity index is 998. The first-order chi connectivity index (χ1) is 13.9. The molecule has 3 aromatic rings. The highest BCUT2D eigenvalue weighted by molar-refractivity contribution is 8.00. The predicted molar refractivity (Wildman–Crippen MR) is 107 cm³/mol. The molecule has 0 aliphatic rings. The Kier molecular flexibility index (Phi) is 6.66. The Hall–Kier alpha value is -3.13. The van der Waals surface area contributed by atoms with E-state index in [1.807, 2.05) is 0 Å². The van der Waals surface area contributed by atoms with Crippen LogP contribution in [-0.4, -0.2) is 22.8 Å². The lowest BCUT2D eigenvalue weighted by Crippen LogP contribution is -2.14. The summed E-state index contributed by atoms with van der Waals surface area (Å²) in [6.45, 7) is 3.60. The van der Waals surface area contributed by atoms with Gasteiger partial charge in [0, 0.05) is 10.6 Å². The van der Waals surface area contributed by atoms with Crippen LogP contribution >= 0.6 is 11.8 Å². The van der Waals surface area contributed by atoms with E-state index in [1.54, 1.807) is 38.1 Å². The SMILES string of the molecule is Cc1noc(C)c1COC(=O)c1ccccc1SCC(=O)Nc1ccc(F)cc1. The molecule has 29 heavy (non-hydrogen) atoms. The number of halogens is 1. The van der Waals surface area contributed by atoms with Gasteiger partial charge in [0.15, 0.2) is 0 Å². The second kappa shape index (κ2) is 9.38. The minimum atomic E-state index is -0.493. The molecular formula is C21H19FN2O4S. The summed E-state index contributed by atoms with van der Waals surface area (Å²) in [5.74, 6) is -0.435. The number of benzene rings is 2. The minimum absolute atomic E-state index is 0.0596. The maximum Gasteiger partial charge on any atom is 0.339 e. The maximum absolute atomic E-state index is 12.9. The molecule has 8 heteroatoms. The van der Waals surface area contributed by atoms with Gasteiger partial charge in [0.2, 0.25) is 5.91 Å². The summed E-state index contributed by atoms with van der Waals surface area (Å²) in [5.41, 5.74) is 2.29. The Morgan fingerprint density at radius 2 is 1.86 bits per heavy atom. The van der Waals surface area contributed by atoms with Gasteiger partial charge in [-0.3, -0.25) is 4.79 Å². The molecule has 0 aliphatic carbocycles. The highest BCUT2D eigenvalue weighted by Gasteiger charge is 2.17. The first kappa shape index (κ1) is 20.6. The van der Waals surface area contributed by atoms with E-state index in [2.05, 4.69) is 10.5 Å². The van der Waals surface area contributed by atoms with Crippen molar-refractivity contribution in [2.45, 2.75) is 25.3 Å². The Labute approximate surface area is 171 Å². The van der Waals surface area contributed by atoms with Crippen LogP contribution in [0.2, 0.25) is 0 Å². The molecule has 0 unspecified atom stereocenters. The first-order valence-corrected chi connectivity index (χ1v) is 9.78. The van der Waals surface area contributed by atoms with E-state index in [-0.39, 0.29) is 24.1 Å². The molecule has 0 atom stereocenters. The number of hydrogen-bond acceptors (Lipinski definition) is 6. The summed E-state index contributed by atoms with van der Waals surface area (Å²) >= 11 is 1.22. The van der Waals surface area contributed by atoms with E-state index in [1.165, 1.54) is 36.0 Å². The maximum atomic E-state index is 12.9. The van der Waals surface area contributed by atoms with Crippen molar-refractivity contribution < 1.29 is 23.2 Å². The van der Waals surface area contributed by atoms with Gasteiger partial charge in [-0.25, -0.2) is 9.18 Å². The molecule has 1 aromatic heterocycles. The number of aromatic nitrogens is 1. The van der Waals surface area contributed by atoms with Crippen molar-refractivity contribution in [3.05, 3.63) is 76.9 Å². The average molecular weight is 414 g/mol. The summed E-state index contributed by atoms with van der Waals surface area (Å²) in [6, 6.07) is 12.4. The van der Waals surface area contributed by atoms with Crippen LogP contribution in [0.5, 0.6) is 0 Å². The Morgan fingerprint density at radius 1 is 1.14 bits per heavy atom. The number of esters is 1. The smallest absolute Gasteiger partial charge is 0.339 e. The first-order valence-electron chi connectivity index (χ1n) is 8.80. The molecule has 0 radical (unpaired) electrons. The number of aryl methyl sites for hydroxylation is 2. The lowest BCUT2D eigenvalue weighted by Gasteiger charge is -2.10. The van der Waals surface area contributed by atoms with E-state index in [9.17, 15) is 14.0 Å². The quantitative estimate of drug-likeness (QED) is 0.452. The van der Waals surface area contributed by atoms with E-state index in [4.69, 9.17) is 9.26 Å². The third-order valence-corrected chi connectivity index (χ3v) is 5.20. The van der Waals surface area contributed by atoms with Crippen molar-refractivity contribution in [2.75, 3.05) is 11.1 Å². The van der Waals surface area contributed by atoms with Crippen LogP contribution in [0, 0.1) is 19.7 Å². The van der Waals surface area contributed by atoms with E-state index in [0.29, 0.717) is 27.6 Å². The third kappa shape index (κ3) is 5.45. The average Bonchev–Trinajstić information content (AvgIpc) is 3.04. The standard InChI is InChI=1S/C21H19FN2O4S/c1-13-18(14(2)28-24-13)11-27-21(26)17-5-3-4-6-19(17)29-12-20(25)23-16-9-7-15(22)8-10-16/h3-10H,11-12H2,1-2H3,(H,23,25). The molecule has 3 rings (SSSR count). The summed E-state index contributed by atoms with van der Waals surface area (Å²) < 4.78 is 23.4. The lowest BCUT2D eigenvalue weighted by molar-refractivity contribution is -0.113. The third-order valence-electron chi connectivity index (χ3n) is 4.12. The van der Waals surface area contributed by atoms with Gasteiger partial charge in [0.25, 0.3) is 0 Å². The number of ether oxygens (including phenoxy) is 1. The molecule has 1 amide bonds. The second-order valence-corrected chi connectivity index (χ2v) is 7.24. The van der Waals surface area contributed by atoms with Gasteiger partial charge < -0.3 is 14.6 Å². The Balaban J connectivity index is 1.60. The summed E-state index contributed by atoms with van der Waals surface area (Å²) in [4.78, 5) is 25.3. The summed E-state index contributed by atoms with van der Waals surface area (Å²) in [5, 5.41) is 6.52. The van der Waals surface area contributed by atoms with Crippen molar-refractivity contribution in [1.82, 2.24) is 5.16 Å². The van der Waals surface area contributed by atoms with Gasteiger partial charge in [0.1, 0.15) is 18.2 Å². The molecule has 0 bridgehead atoms. The van der Waals surface area contributed by atoms with E-state index >= 15 is 0 Å². The fourth-order valence-electron chi connectivity index (χ4n) is 2.56. The van der Waals surface area contributed by atoms with Crippen LogP contribution in [-0.2, 0) is 16.1 Å². The van der Waals surface area contributed by atoms with Gasteiger partial charge in [-0.15, -0.1) is 11.8 Å². The molecule has 0 fully saturated rings. The van der Waals surface area contributed by atoms with Crippen LogP contribution in [0.3, 0.4) is 0 Å². The fraction of sp³-hybridized carbons (Fsp3) is 0.190. The molecule has 0 saturated carbocycles. The number of hydrogen-bond donors (Lipinski definition) is 1. The van der Waals surface area contributed by atoms with Crippen LogP contribution in [0.15, 0.2) is 57.9 Å². The topological polar surface area (TPSA) is 81.4 Å². The number of nitrogens with one attached hydrogen (secondary N) is 1. The number of nitrogens with zero attached hydrogens (tertiary/aromatic N) is 1. The number of carbonyl (C=O) groups excluding carboxylic acids is 2. The predicted octanol–water partition coefficient (Wildman–Crippen LogP) is 4.52. The summed E-state index contributed by atoms with van der Waals surface area (Å²) in [7, 11) is 0. The minimum Gasteiger partial charge on any atom is -0.457 e. The molecule has 0 aliphatic heterocycles. The van der Waals surface area contributed by atoms with Crippen molar-refractivity contribution in [1.29, 1.82) is 0 Å². The van der Waals surface area contributed by atoms with Crippen LogP contribution < -0.4 is 5.32 Å². The number of carbonyl (C=O) groups is 2. The fourth-order valence-corrected chi connectivity index (χ4v) is 3.40. The molecule has 0 spiro atoms. The van der Waals surface area contributed by atoms with E-state index in [0.717, 1.165) is 5.56 Å². The van der Waals surface area contributed by atoms with Crippen LogP contribution in [0.4, 0.5) is 10.1 Å². The molecule has 6 nitrogen and oxygen atoms in total. The molecule has 0 saturated heterocycles. The molecule has 1 heterocycles.